The number of nitrogens with zero attached hydrogens (tertiary/aromatic N) is 1. The van der Waals surface area contributed by atoms with Gasteiger partial charge in [0.05, 0.1) is 12.3 Å². The summed E-state index contributed by atoms with van der Waals surface area (Å²) < 4.78 is 6.91. The Morgan fingerprint density at radius 1 is 1.31 bits per heavy atom. The molecule has 1 fully saturated rings. The molecule has 0 saturated heterocycles. The molecule has 0 spiro atoms. The van der Waals surface area contributed by atoms with Crippen LogP contribution in [0, 0.1) is 3.70 Å². The van der Waals surface area contributed by atoms with Crippen molar-refractivity contribution in [2.24, 2.45) is 0 Å². The molecule has 1 aromatic rings. The van der Waals surface area contributed by atoms with E-state index in [4.69, 9.17) is 4.74 Å². The molecule has 1 saturated carbocycles. The lowest BCUT2D eigenvalue weighted by atomic mass is 9.93. The minimum absolute atomic E-state index is 0.367. The van der Waals surface area contributed by atoms with Gasteiger partial charge in [0, 0.05) is 6.04 Å². The fourth-order valence-electron chi connectivity index (χ4n) is 2.09. The van der Waals surface area contributed by atoms with Crippen LogP contribution in [0.1, 0.15) is 25.7 Å². The standard InChI is InChI=1S/C12H17IN2O/c1-14-9-2-4-10(5-3-9)16-11-6-7-12(13)15-8-11/h6-10,14H,2-5H2,1H3. The molecule has 1 heterocycles. The summed E-state index contributed by atoms with van der Waals surface area (Å²) in [4.78, 5) is 4.23. The quantitative estimate of drug-likeness (QED) is 0.682. The van der Waals surface area contributed by atoms with Gasteiger partial charge in [-0.1, -0.05) is 0 Å². The zero-order valence-corrected chi connectivity index (χ0v) is 11.6. The molecule has 0 amide bonds. The maximum absolute atomic E-state index is 5.91. The molecule has 0 aromatic carbocycles. The van der Waals surface area contributed by atoms with Crippen LogP contribution in [0.15, 0.2) is 18.3 Å². The Balaban J connectivity index is 1.84. The zero-order chi connectivity index (χ0) is 11.4. The van der Waals surface area contributed by atoms with Crippen LogP contribution < -0.4 is 10.1 Å². The summed E-state index contributed by atoms with van der Waals surface area (Å²) >= 11 is 2.20. The second-order valence-electron chi connectivity index (χ2n) is 4.20. The largest absolute Gasteiger partial charge is 0.489 e. The van der Waals surface area contributed by atoms with E-state index < -0.39 is 0 Å². The Morgan fingerprint density at radius 2 is 2.06 bits per heavy atom. The van der Waals surface area contributed by atoms with Gasteiger partial charge in [-0.2, -0.15) is 0 Å². The van der Waals surface area contributed by atoms with Crippen molar-refractivity contribution in [2.75, 3.05) is 7.05 Å². The number of hydrogen-bond donors (Lipinski definition) is 1. The summed E-state index contributed by atoms with van der Waals surface area (Å²) in [5.74, 6) is 0.897. The van der Waals surface area contributed by atoms with Crippen LogP contribution in [0.5, 0.6) is 5.75 Å². The summed E-state index contributed by atoms with van der Waals surface area (Å²) in [7, 11) is 2.04. The van der Waals surface area contributed by atoms with E-state index in [1.165, 1.54) is 12.8 Å². The Labute approximate surface area is 110 Å². The summed E-state index contributed by atoms with van der Waals surface area (Å²) in [5, 5.41) is 3.33. The molecule has 0 unspecified atom stereocenters. The molecule has 4 heteroatoms. The van der Waals surface area contributed by atoms with Crippen molar-refractivity contribution in [2.45, 2.75) is 37.8 Å². The molecule has 88 valence electrons. The Hall–Kier alpha value is -0.360. The van der Waals surface area contributed by atoms with Crippen LogP contribution in [0.4, 0.5) is 0 Å². The molecule has 0 aliphatic heterocycles. The van der Waals surface area contributed by atoms with Crippen LogP contribution in [0.25, 0.3) is 0 Å². The predicted octanol–water partition coefficient (Wildman–Crippen LogP) is 2.60. The van der Waals surface area contributed by atoms with Gasteiger partial charge >= 0.3 is 0 Å². The van der Waals surface area contributed by atoms with Gasteiger partial charge in [0.2, 0.25) is 0 Å². The Kier molecular flexibility index (Phi) is 4.40. The van der Waals surface area contributed by atoms with E-state index in [0.29, 0.717) is 12.1 Å². The van der Waals surface area contributed by atoms with Crippen molar-refractivity contribution >= 4 is 22.6 Å². The second-order valence-corrected chi connectivity index (χ2v) is 5.30. The molecule has 1 N–H and O–H groups in total. The van der Waals surface area contributed by atoms with E-state index in [9.17, 15) is 0 Å². The number of aromatic nitrogens is 1. The second kappa shape index (κ2) is 5.82. The van der Waals surface area contributed by atoms with Crippen LogP contribution in [-0.2, 0) is 0 Å². The number of ether oxygens (including phenoxy) is 1. The van der Waals surface area contributed by atoms with Crippen molar-refractivity contribution < 1.29 is 4.74 Å². The van der Waals surface area contributed by atoms with Gasteiger partial charge in [-0.05, 0) is 67.5 Å². The minimum atomic E-state index is 0.367. The summed E-state index contributed by atoms with van der Waals surface area (Å²) in [6.45, 7) is 0. The van der Waals surface area contributed by atoms with E-state index in [2.05, 4.69) is 32.9 Å². The van der Waals surface area contributed by atoms with Crippen molar-refractivity contribution in [3.8, 4) is 5.75 Å². The third-order valence-electron chi connectivity index (χ3n) is 3.09. The van der Waals surface area contributed by atoms with E-state index in [0.717, 1.165) is 22.3 Å². The van der Waals surface area contributed by atoms with Crippen molar-refractivity contribution in [3.05, 3.63) is 22.0 Å². The highest BCUT2D eigenvalue weighted by Crippen LogP contribution is 2.23. The van der Waals surface area contributed by atoms with Gasteiger partial charge in [-0.25, -0.2) is 4.98 Å². The highest BCUT2D eigenvalue weighted by atomic mass is 127. The molecule has 1 aliphatic carbocycles. The molecular weight excluding hydrogens is 315 g/mol. The Bertz CT molecular complexity index is 320. The molecule has 16 heavy (non-hydrogen) atoms. The average molecular weight is 332 g/mol. The van der Waals surface area contributed by atoms with Crippen LogP contribution in [-0.4, -0.2) is 24.2 Å². The van der Waals surface area contributed by atoms with Gasteiger partial charge in [0.25, 0.3) is 0 Å². The van der Waals surface area contributed by atoms with Crippen LogP contribution in [0.3, 0.4) is 0 Å². The molecule has 3 nitrogen and oxygen atoms in total. The Morgan fingerprint density at radius 3 is 2.62 bits per heavy atom. The monoisotopic (exact) mass is 332 g/mol. The first-order valence-electron chi connectivity index (χ1n) is 5.73. The average Bonchev–Trinajstić information content (AvgIpc) is 2.33. The molecule has 2 rings (SSSR count). The fraction of sp³-hybridized carbons (Fsp3) is 0.583. The number of rotatable bonds is 3. The smallest absolute Gasteiger partial charge is 0.138 e. The van der Waals surface area contributed by atoms with E-state index in [-0.39, 0.29) is 0 Å². The minimum Gasteiger partial charge on any atom is -0.489 e. The normalized spacial score (nSPS) is 25.4. The SMILES string of the molecule is CNC1CCC(Oc2ccc(I)nc2)CC1. The van der Waals surface area contributed by atoms with E-state index in [1.54, 1.807) is 0 Å². The highest BCUT2D eigenvalue weighted by molar-refractivity contribution is 14.1. The third kappa shape index (κ3) is 3.31. The van der Waals surface area contributed by atoms with Crippen molar-refractivity contribution in [3.63, 3.8) is 0 Å². The number of hydrogen-bond acceptors (Lipinski definition) is 3. The molecule has 1 aromatic heterocycles. The predicted molar refractivity (Wildman–Crippen MR) is 72.7 cm³/mol. The summed E-state index contributed by atoms with van der Waals surface area (Å²) in [6, 6.07) is 4.66. The molecule has 0 radical (unpaired) electrons. The van der Waals surface area contributed by atoms with Crippen molar-refractivity contribution in [1.82, 2.24) is 10.3 Å². The first kappa shape index (κ1) is 12.1. The third-order valence-corrected chi connectivity index (χ3v) is 3.72. The lowest BCUT2D eigenvalue weighted by Crippen LogP contribution is -2.34. The number of halogens is 1. The van der Waals surface area contributed by atoms with Gasteiger partial charge < -0.3 is 10.1 Å². The van der Waals surface area contributed by atoms with E-state index >= 15 is 0 Å². The number of pyridine rings is 1. The van der Waals surface area contributed by atoms with Gasteiger partial charge in [-0.3, -0.25) is 0 Å². The lowest BCUT2D eigenvalue weighted by Gasteiger charge is -2.28. The zero-order valence-electron chi connectivity index (χ0n) is 9.45. The fourth-order valence-corrected chi connectivity index (χ4v) is 2.41. The maximum atomic E-state index is 5.91. The molecule has 0 atom stereocenters. The molecule has 0 bridgehead atoms. The van der Waals surface area contributed by atoms with Crippen molar-refractivity contribution in [1.29, 1.82) is 0 Å². The lowest BCUT2D eigenvalue weighted by molar-refractivity contribution is 0.141. The maximum Gasteiger partial charge on any atom is 0.138 e. The van der Waals surface area contributed by atoms with E-state index in [1.807, 2.05) is 25.4 Å². The van der Waals surface area contributed by atoms with Gasteiger partial charge in [-0.15, -0.1) is 0 Å². The molecule has 1 aliphatic rings. The number of nitrogens with one attached hydrogen (secondary N) is 1. The summed E-state index contributed by atoms with van der Waals surface area (Å²) in [6.07, 6.45) is 6.87. The van der Waals surface area contributed by atoms with Gasteiger partial charge in [0.15, 0.2) is 0 Å². The first-order valence-corrected chi connectivity index (χ1v) is 6.81. The van der Waals surface area contributed by atoms with Crippen LogP contribution >= 0.6 is 22.6 Å². The first-order chi connectivity index (χ1) is 7.78. The summed E-state index contributed by atoms with van der Waals surface area (Å²) in [5.41, 5.74) is 0. The van der Waals surface area contributed by atoms with Gasteiger partial charge in [0.1, 0.15) is 9.45 Å². The van der Waals surface area contributed by atoms with Crippen LogP contribution in [0.2, 0.25) is 0 Å². The topological polar surface area (TPSA) is 34.1 Å². The highest BCUT2D eigenvalue weighted by Gasteiger charge is 2.21. The molecular formula is C12H17IN2O.